The molecule has 226 valence electrons. The number of ether oxygens (including phenoxy) is 1. The summed E-state index contributed by atoms with van der Waals surface area (Å²) in [5.41, 5.74) is 7.26. The van der Waals surface area contributed by atoms with E-state index in [-0.39, 0.29) is 49.2 Å². The van der Waals surface area contributed by atoms with Gasteiger partial charge in [0.25, 0.3) is 5.91 Å². The molecule has 2 amide bonds. The molecule has 1 heterocycles. The van der Waals surface area contributed by atoms with Gasteiger partial charge in [0.15, 0.2) is 17.0 Å². The summed E-state index contributed by atoms with van der Waals surface area (Å²) in [5, 5.41) is 5.27. The summed E-state index contributed by atoms with van der Waals surface area (Å²) in [7, 11) is 1.32. The summed E-state index contributed by atoms with van der Waals surface area (Å²) >= 11 is 4.73. The number of benzene rings is 2. The minimum absolute atomic E-state index is 0. The molecule has 0 aromatic heterocycles. The number of nitrogens with one attached hydrogen (secondary N) is 2. The Bertz CT molecular complexity index is 1260. The van der Waals surface area contributed by atoms with E-state index in [0.29, 0.717) is 24.1 Å². The highest BCUT2D eigenvalue weighted by Crippen LogP contribution is 2.27. The number of carbonyl (C=O) groups is 3. The summed E-state index contributed by atoms with van der Waals surface area (Å²) in [6.45, 7) is 4.23. The molecule has 3 atom stereocenters. The van der Waals surface area contributed by atoms with Crippen molar-refractivity contribution in [2.24, 2.45) is 11.7 Å². The Morgan fingerprint density at radius 3 is 2.46 bits per heavy atom. The summed E-state index contributed by atoms with van der Waals surface area (Å²) in [5.74, 6) is -4.15. The second kappa shape index (κ2) is 15.7. The molecule has 41 heavy (non-hydrogen) atoms. The molecule has 1 aliphatic rings. The van der Waals surface area contributed by atoms with Crippen LogP contribution in [-0.2, 0) is 32.1 Å². The van der Waals surface area contributed by atoms with Crippen LogP contribution in [0.1, 0.15) is 31.4 Å². The van der Waals surface area contributed by atoms with Gasteiger partial charge in [-0.05, 0) is 41.7 Å². The van der Waals surface area contributed by atoms with Gasteiger partial charge in [0, 0.05) is 47.5 Å². The molecular weight excluding hydrogens is 649 g/mol. The highest BCUT2D eigenvalue weighted by atomic mass is 79.9. The molecule has 14 heteroatoms. The number of methoxy groups -OCH3 is 1. The third-order valence-corrected chi connectivity index (χ3v) is 8.10. The maximum absolute atomic E-state index is 14.0. The first kappa shape index (κ1) is 34.7. The molecule has 1 aliphatic heterocycles. The van der Waals surface area contributed by atoms with Gasteiger partial charge in [0.1, 0.15) is 11.9 Å². The minimum Gasteiger partial charge on any atom is -0.467 e. The molecule has 0 bridgehead atoms. The Balaban J connectivity index is 0.00000588. The van der Waals surface area contributed by atoms with Crippen LogP contribution in [-0.4, -0.2) is 59.5 Å². The number of rotatable bonds is 11. The number of hydrogen-bond donors (Lipinski definition) is 3. The Morgan fingerprint density at radius 2 is 1.80 bits per heavy atom. The van der Waals surface area contributed by atoms with E-state index in [1.54, 1.807) is 6.07 Å². The number of hydrogen-bond acceptors (Lipinski definition) is 7. The Hall–Kier alpha value is -2.48. The van der Waals surface area contributed by atoms with Gasteiger partial charge >= 0.3 is 5.97 Å². The SMILES string of the molecule is COC(=O)[C@@H](Nc1cc(Br)ccc1CNC(=O)[C@@H]1SCCN1C(=O)C[C@H](N)Cc1cc(F)c(F)cc1F)C(C)C.Cl. The normalized spacial score (nSPS) is 16.1. The van der Waals surface area contributed by atoms with E-state index >= 15 is 0 Å². The molecule has 0 aliphatic carbocycles. The van der Waals surface area contributed by atoms with Crippen LogP contribution in [0.5, 0.6) is 0 Å². The van der Waals surface area contributed by atoms with Gasteiger partial charge in [-0.3, -0.25) is 9.59 Å². The summed E-state index contributed by atoms with van der Waals surface area (Å²) in [6.07, 6.45) is -0.372. The lowest BCUT2D eigenvalue weighted by molar-refractivity contribution is -0.142. The quantitative estimate of drug-likeness (QED) is 0.239. The van der Waals surface area contributed by atoms with Crippen molar-refractivity contribution in [3.8, 4) is 0 Å². The first-order chi connectivity index (χ1) is 18.9. The van der Waals surface area contributed by atoms with E-state index in [1.165, 1.54) is 23.8 Å². The topological polar surface area (TPSA) is 114 Å². The highest BCUT2D eigenvalue weighted by Gasteiger charge is 2.35. The maximum atomic E-state index is 14.0. The van der Waals surface area contributed by atoms with E-state index in [4.69, 9.17) is 10.5 Å². The molecule has 8 nitrogen and oxygen atoms in total. The van der Waals surface area contributed by atoms with Crippen LogP contribution in [0.25, 0.3) is 0 Å². The van der Waals surface area contributed by atoms with E-state index in [2.05, 4.69) is 26.6 Å². The van der Waals surface area contributed by atoms with E-state index in [1.807, 2.05) is 26.0 Å². The molecule has 2 aromatic rings. The first-order valence-corrected chi connectivity index (χ1v) is 14.5. The standard InChI is InChI=1S/C27H32BrF3N4O4S.ClH/c1-14(2)24(27(38)39-3)34-22-10-17(28)5-4-15(22)13-33-25(37)26-35(6-7-40-26)23(36)11-18(32)8-16-9-20(30)21(31)12-19(16)29;/h4-5,9-10,12,14,18,24,26,34H,6-8,11,13,32H2,1-3H3,(H,33,37);1H/t18-,24+,26+;/m1./s1. The van der Waals surface area contributed by atoms with Crippen molar-refractivity contribution >= 4 is 63.6 Å². The minimum atomic E-state index is -1.30. The van der Waals surface area contributed by atoms with Gasteiger partial charge in [0.05, 0.1) is 7.11 Å². The lowest BCUT2D eigenvalue weighted by atomic mass is 10.0. The zero-order valence-corrected chi connectivity index (χ0v) is 25.9. The van der Waals surface area contributed by atoms with E-state index in [9.17, 15) is 27.6 Å². The number of amides is 2. The fourth-order valence-electron chi connectivity index (χ4n) is 4.26. The van der Waals surface area contributed by atoms with Crippen molar-refractivity contribution in [1.29, 1.82) is 0 Å². The number of anilines is 1. The molecule has 0 unspecified atom stereocenters. The molecule has 0 saturated carbocycles. The van der Waals surface area contributed by atoms with Gasteiger partial charge in [-0.2, -0.15) is 0 Å². The van der Waals surface area contributed by atoms with Crippen LogP contribution in [0.4, 0.5) is 18.9 Å². The summed E-state index contributed by atoms with van der Waals surface area (Å²) in [4.78, 5) is 39.7. The predicted molar refractivity (Wildman–Crippen MR) is 158 cm³/mol. The zero-order chi connectivity index (χ0) is 29.6. The van der Waals surface area contributed by atoms with Crippen molar-refractivity contribution in [3.63, 3.8) is 0 Å². The Morgan fingerprint density at radius 1 is 1.12 bits per heavy atom. The second-order valence-corrected chi connectivity index (χ2v) is 11.8. The van der Waals surface area contributed by atoms with Crippen LogP contribution in [0.15, 0.2) is 34.8 Å². The number of esters is 1. The van der Waals surface area contributed by atoms with Crippen molar-refractivity contribution in [2.75, 3.05) is 24.7 Å². The number of nitrogens with two attached hydrogens (primary N) is 1. The smallest absolute Gasteiger partial charge is 0.328 e. The monoisotopic (exact) mass is 680 g/mol. The number of nitrogens with zero attached hydrogens (tertiary/aromatic N) is 1. The Kier molecular flexibility index (Phi) is 13.3. The second-order valence-electron chi connectivity index (χ2n) is 9.74. The highest BCUT2D eigenvalue weighted by molar-refractivity contribution is 9.10. The lowest BCUT2D eigenvalue weighted by Gasteiger charge is -2.25. The van der Waals surface area contributed by atoms with Crippen LogP contribution in [0, 0.1) is 23.4 Å². The lowest BCUT2D eigenvalue weighted by Crippen LogP contribution is -2.46. The molecule has 3 rings (SSSR count). The van der Waals surface area contributed by atoms with Crippen molar-refractivity contribution in [1.82, 2.24) is 10.2 Å². The third-order valence-electron chi connectivity index (χ3n) is 6.40. The Labute approximate surface area is 255 Å². The van der Waals surface area contributed by atoms with Gasteiger partial charge in [0.2, 0.25) is 5.91 Å². The predicted octanol–water partition coefficient (Wildman–Crippen LogP) is 4.38. The van der Waals surface area contributed by atoms with E-state index in [0.717, 1.165) is 16.1 Å². The van der Waals surface area contributed by atoms with Crippen molar-refractivity contribution < 1.29 is 32.3 Å². The zero-order valence-electron chi connectivity index (χ0n) is 22.7. The molecule has 2 aromatic carbocycles. The number of thioether (sulfide) groups is 1. The number of halogens is 5. The molecule has 4 N–H and O–H groups in total. The fourth-order valence-corrected chi connectivity index (χ4v) is 5.78. The van der Waals surface area contributed by atoms with Gasteiger partial charge in [-0.25, -0.2) is 18.0 Å². The van der Waals surface area contributed by atoms with Gasteiger partial charge < -0.3 is 26.0 Å². The van der Waals surface area contributed by atoms with Crippen LogP contribution >= 0.6 is 40.1 Å². The maximum Gasteiger partial charge on any atom is 0.328 e. The van der Waals surface area contributed by atoms with E-state index < -0.39 is 46.8 Å². The molecule has 0 spiro atoms. The van der Waals surface area contributed by atoms with Crippen LogP contribution < -0.4 is 16.4 Å². The average Bonchev–Trinajstić information content (AvgIpc) is 3.39. The summed E-state index contributed by atoms with van der Waals surface area (Å²) < 4.78 is 46.4. The van der Waals surface area contributed by atoms with Crippen LogP contribution in [0.3, 0.4) is 0 Å². The van der Waals surface area contributed by atoms with Crippen LogP contribution in [0.2, 0.25) is 0 Å². The molecule has 1 saturated heterocycles. The fraction of sp³-hybridized carbons (Fsp3) is 0.444. The number of carbonyl (C=O) groups excluding carboxylic acids is 3. The largest absolute Gasteiger partial charge is 0.467 e. The average molecular weight is 682 g/mol. The first-order valence-electron chi connectivity index (χ1n) is 12.6. The van der Waals surface area contributed by atoms with Crippen molar-refractivity contribution in [3.05, 3.63) is 63.4 Å². The molecule has 1 fully saturated rings. The molecule has 0 radical (unpaired) electrons. The van der Waals surface area contributed by atoms with Gasteiger partial charge in [-0.15, -0.1) is 24.2 Å². The molecular formula is C27H33BrClF3N4O4S. The third kappa shape index (κ3) is 9.25. The van der Waals surface area contributed by atoms with Gasteiger partial charge in [-0.1, -0.05) is 35.8 Å². The summed E-state index contributed by atoms with van der Waals surface area (Å²) in [6, 6.07) is 5.14. The van der Waals surface area contributed by atoms with Crippen molar-refractivity contribution in [2.45, 2.75) is 50.7 Å².